The molecule has 0 aliphatic carbocycles. The molecule has 1 aromatic carbocycles. The van der Waals surface area contributed by atoms with Crippen molar-refractivity contribution in [2.75, 3.05) is 39.7 Å². The first-order chi connectivity index (χ1) is 14.1. The maximum atomic E-state index is 12.7. The first-order valence-electron chi connectivity index (χ1n) is 8.84. The summed E-state index contributed by atoms with van der Waals surface area (Å²) in [5.74, 6) is 0.697. The number of rotatable bonds is 10. The Kier molecular flexibility index (Phi) is 7.99. The van der Waals surface area contributed by atoms with Crippen molar-refractivity contribution in [1.29, 1.82) is 5.41 Å². The minimum absolute atomic E-state index is 0.157. The number of carbonyl (C=O) groups excluding carboxylic acids is 1. The van der Waals surface area contributed by atoms with Crippen LogP contribution in [0.1, 0.15) is 15.9 Å². The summed E-state index contributed by atoms with van der Waals surface area (Å²) in [6.45, 7) is 0.709. The van der Waals surface area contributed by atoms with Crippen LogP contribution >= 0.6 is 0 Å². The van der Waals surface area contributed by atoms with Crippen molar-refractivity contribution in [3.63, 3.8) is 0 Å². The molecule has 0 atom stereocenters. The summed E-state index contributed by atoms with van der Waals surface area (Å²) < 4.78 is 15.9. The highest BCUT2D eigenvalue weighted by Gasteiger charge is 2.16. The number of nitrogens with two attached hydrogens (primary N) is 1. The molecule has 0 spiro atoms. The van der Waals surface area contributed by atoms with E-state index in [0.29, 0.717) is 41.7 Å². The SMILES string of the molecule is CN/C(=C\C=N)c1cc(NC(=O)c2ccc(OC)nc2OC)ccc1OCCN. The summed E-state index contributed by atoms with van der Waals surface area (Å²) in [5.41, 5.74) is 7.67. The Bertz CT molecular complexity index is 898. The van der Waals surface area contributed by atoms with Crippen molar-refractivity contribution >= 4 is 23.5 Å². The molecule has 29 heavy (non-hydrogen) atoms. The van der Waals surface area contributed by atoms with Crippen LogP contribution in [0.3, 0.4) is 0 Å². The zero-order valence-electron chi connectivity index (χ0n) is 16.6. The minimum atomic E-state index is -0.388. The normalized spacial score (nSPS) is 10.8. The monoisotopic (exact) mass is 399 g/mol. The number of hydrogen-bond donors (Lipinski definition) is 4. The van der Waals surface area contributed by atoms with Crippen LogP contribution in [0.25, 0.3) is 5.70 Å². The number of hydrogen-bond acceptors (Lipinski definition) is 8. The van der Waals surface area contributed by atoms with Crippen molar-refractivity contribution in [2.45, 2.75) is 0 Å². The van der Waals surface area contributed by atoms with Gasteiger partial charge in [0.15, 0.2) is 0 Å². The number of amides is 1. The van der Waals surface area contributed by atoms with Gasteiger partial charge >= 0.3 is 0 Å². The minimum Gasteiger partial charge on any atom is -0.492 e. The molecule has 0 aliphatic heterocycles. The van der Waals surface area contributed by atoms with E-state index < -0.39 is 0 Å². The van der Waals surface area contributed by atoms with E-state index in [1.165, 1.54) is 14.2 Å². The summed E-state index contributed by atoms with van der Waals surface area (Å²) >= 11 is 0. The van der Waals surface area contributed by atoms with Crippen molar-refractivity contribution in [3.8, 4) is 17.5 Å². The van der Waals surface area contributed by atoms with Gasteiger partial charge < -0.3 is 36.0 Å². The van der Waals surface area contributed by atoms with Gasteiger partial charge in [-0.2, -0.15) is 4.98 Å². The van der Waals surface area contributed by atoms with Gasteiger partial charge in [0.2, 0.25) is 11.8 Å². The summed E-state index contributed by atoms with van der Waals surface area (Å²) in [5, 5.41) is 13.2. The highest BCUT2D eigenvalue weighted by atomic mass is 16.5. The van der Waals surface area contributed by atoms with Crippen LogP contribution in [0.5, 0.6) is 17.5 Å². The molecule has 0 saturated carbocycles. The fraction of sp³-hybridized carbons (Fsp3) is 0.250. The van der Waals surface area contributed by atoms with Crippen LogP contribution in [0.2, 0.25) is 0 Å². The molecule has 9 nitrogen and oxygen atoms in total. The van der Waals surface area contributed by atoms with Crippen LogP contribution in [-0.2, 0) is 0 Å². The quantitative estimate of drug-likeness (QED) is 0.449. The van der Waals surface area contributed by atoms with E-state index in [0.717, 1.165) is 6.21 Å². The molecule has 154 valence electrons. The Hall–Kier alpha value is -3.59. The standard InChI is InChI=1S/C20H25N5O4/c1-23-16(8-9-21)15-12-13(4-6-17(15)29-11-10-22)24-19(26)14-5-7-18(27-2)25-20(14)28-3/h4-9,12,21,23H,10-11,22H2,1-3H3,(H,24,26)/b16-8-,21-9?. The van der Waals surface area contributed by atoms with Crippen LogP contribution in [-0.4, -0.2) is 51.5 Å². The second kappa shape index (κ2) is 10.7. The van der Waals surface area contributed by atoms with Crippen molar-refractivity contribution in [3.05, 3.63) is 47.5 Å². The molecule has 2 aromatic rings. The van der Waals surface area contributed by atoms with Gasteiger partial charge in [-0.25, -0.2) is 0 Å². The van der Waals surface area contributed by atoms with E-state index in [4.69, 9.17) is 25.4 Å². The van der Waals surface area contributed by atoms with Crippen LogP contribution in [0.4, 0.5) is 5.69 Å². The van der Waals surface area contributed by atoms with Gasteiger partial charge in [-0.1, -0.05) is 0 Å². The van der Waals surface area contributed by atoms with Gasteiger partial charge in [0.1, 0.15) is 17.9 Å². The lowest BCUT2D eigenvalue weighted by Gasteiger charge is -2.16. The number of pyridine rings is 1. The third-order valence-electron chi connectivity index (χ3n) is 3.90. The van der Waals surface area contributed by atoms with Gasteiger partial charge in [0.05, 0.1) is 14.2 Å². The van der Waals surface area contributed by atoms with Crippen molar-refractivity contribution in [1.82, 2.24) is 10.3 Å². The zero-order chi connectivity index (χ0) is 21.2. The molecule has 1 heterocycles. The molecule has 0 unspecified atom stereocenters. The fourth-order valence-electron chi connectivity index (χ4n) is 2.57. The molecule has 1 aromatic heterocycles. The number of anilines is 1. The molecule has 0 bridgehead atoms. The number of aromatic nitrogens is 1. The Labute approximate surface area is 169 Å². The van der Waals surface area contributed by atoms with Gasteiger partial charge in [-0.15, -0.1) is 0 Å². The van der Waals surface area contributed by atoms with E-state index in [-0.39, 0.29) is 17.4 Å². The van der Waals surface area contributed by atoms with E-state index in [1.807, 2.05) is 0 Å². The number of carbonyl (C=O) groups is 1. The first-order valence-corrected chi connectivity index (χ1v) is 8.84. The predicted octanol–water partition coefficient (Wildman–Crippen LogP) is 1.90. The summed E-state index contributed by atoms with van der Waals surface area (Å²) in [7, 11) is 4.65. The van der Waals surface area contributed by atoms with Crippen LogP contribution < -0.4 is 30.6 Å². The van der Waals surface area contributed by atoms with Gasteiger partial charge in [0, 0.05) is 42.8 Å². The number of benzene rings is 1. The molecular weight excluding hydrogens is 374 g/mol. The van der Waals surface area contributed by atoms with Crippen molar-refractivity contribution in [2.24, 2.45) is 5.73 Å². The molecular formula is C20H25N5O4. The van der Waals surface area contributed by atoms with Gasteiger partial charge in [0.25, 0.3) is 5.91 Å². The lowest BCUT2D eigenvalue weighted by Crippen LogP contribution is -2.16. The summed E-state index contributed by atoms with van der Waals surface area (Å²) in [6, 6.07) is 8.36. The second-order valence-corrected chi connectivity index (χ2v) is 5.71. The third kappa shape index (κ3) is 5.45. The van der Waals surface area contributed by atoms with E-state index in [1.54, 1.807) is 43.5 Å². The largest absolute Gasteiger partial charge is 0.492 e. The average Bonchev–Trinajstić information content (AvgIpc) is 2.75. The van der Waals surface area contributed by atoms with Gasteiger partial charge in [-0.3, -0.25) is 4.79 Å². The lowest BCUT2D eigenvalue weighted by molar-refractivity contribution is 0.102. The molecule has 2 rings (SSSR count). The molecule has 9 heteroatoms. The Morgan fingerprint density at radius 3 is 2.62 bits per heavy atom. The lowest BCUT2D eigenvalue weighted by atomic mass is 10.1. The highest BCUT2D eigenvalue weighted by molar-refractivity contribution is 6.06. The maximum Gasteiger partial charge on any atom is 0.261 e. The number of allylic oxidation sites excluding steroid dienone is 1. The Balaban J connectivity index is 2.36. The molecule has 5 N–H and O–H groups in total. The molecule has 0 radical (unpaired) electrons. The highest BCUT2D eigenvalue weighted by Crippen LogP contribution is 2.29. The first kappa shape index (κ1) is 21.7. The summed E-state index contributed by atoms with van der Waals surface area (Å²) in [6.07, 6.45) is 2.75. The van der Waals surface area contributed by atoms with Crippen LogP contribution in [0, 0.1) is 5.41 Å². The Morgan fingerprint density at radius 1 is 1.21 bits per heavy atom. The molecule has 1 amide bonds. The van der Waals surface area contributed by atoms with E-state index >= 15 is 0 Å². The number of ether oxygens (including phenoxy) is 3. The molecule has 0 aliphatic rings. The number of methoxy groups -OCH3 is 2. The van der Waals surface area contributed by atoms with Gasteiger partial charge in [-0.05, 0) is 30.3 Å². The average molecular weight is 399 g/mol. The van der Waals surface area contributed by atoms with E-state index in [2.05, 4.69) is 15.6 Å². The van der Waals surface area contributed by atoms with E-state index in [9.17, 15) is 4.79 Å². The smallest absolute Gasteiger partial charge is 0.261 e. The number of nitrogens with zero attached hydrogens (tertiary/aromatic N) is 1. The maximum absolute atomic E-state index is 12.7. The molecule has 0 saturated heterocycles. The van der Waals surface area contributed by atoms with Crippen molar-refractivity contribution < 1.29 is 19.0 Å². The third-order valence-corrected chi connectivity index (χ3v) is 3.90. The topological polar surface area (TPSA) is 132 Å². The second-order valence-electron chi connectivity index (χ2n) is 5.71. The van der Waals surface area contributed by atoms with Crippen LogP contribution in [0.15, 0.2) is 36.4 Å². The number of nitrogens with one attached hydrogen (secondary N) is 3. The molecule has 0 fully saturated rings. The Morgan fingerprint density at radius 2 is 2.00 bits per heavy atom. The fourth-order valence-corrected chi connectivity index (χ4v) is 2.57. The predicted molar refractivity (Wildman–Crippen MR) is 112 cm³/mol. The zero-order valence-corrected chi connectivity index (χ0v) is 16.6. The summed E-state index contributed by atoms with van der Waals surface area (Å²) in [4.78, 5) is 16.9.